The van der Waals surface area contributed by atoms with E-state index in [1.54, 1.807) is 6.92 Å². The largest absolute Gasteiger partial charge is 0.387 e. The minimum absolute atomic E-state index is 0.593. The molecule has 0 spiro atoms. The van der Waals surface area contributed by atoms with Gasteiger partial charge in [0.15, 0.2) is 0 Å². The van der Waals surface area contributed by atoms with Crippen molar-refractivity contribution < 1.29 is 0 Å². The molecule has 0 saturated heterocycles. The van der Waals surface area contributed by atoms with Crippen LogP contribution >= 0.6 is 9.39 Å². The molecule has 1 atom stereocenters. The van der Waals surface area contributed by atoms with E-state index >= 15 is 0 Å². The van der Waals surface area contributed by atoms with Gasteiger partial charge in [-0.15, -0.1) is 0 Å². The molecule has 0 aliphatic carbocycles. The molecule has 0 fully saturated rings. The van der Waals surface area contributed by atoms with Gasteiger partial charge >= 0.3 is 0 Å². The van der Waals surface area contributed by atoms with Gasteiger partial charge in [0, 0.05) is 0 Å². The molecule has 1 unspecified atom stereocenters. The smallest absolute Gasteiger partial charge is 0.0940 e. The molecule has 30 valence electrons. The van der Waals surface area contributed by atoms with Crippen molar-refractivity contribution in [2.24, 2.45) is 10.5 Å². The highest BCUT2D eigenvalue weighted by molar-refractivity contribution is 7.15. The van der Waals surface area contributed by atoms with E-state index in [4.69, 9.17) is 5.73 Å². The van der Waals surface area contributed by atoms with E-state index in [1.807, 2.05) is 0 Å². The van der Waals surface area contributed by atoms with E-state index in [0.717, 1.165) is 0 Å². The summed E-state index contributed by atoms with van der Waals surface area (Å²) in [7, 11) is 2.16. The highest BCUT2D eigenvalue weighted by atomic mass is 31.0. The molecule has 3 heteroatoms. The third-order valence-corrected chi connectivity index (χ3v) is 0.611. The highest BCUT2D eigenvalue weighted by Gasteiger charge is 1.61. The van der Waals surface area contributed by atoms with Crippen LogP contribution in [0.4, 0.5) is 0 Å². The first kappa shape index (κ1) is 4.90. The average molecular weight is 90.1 g/mol. The van der Waals surface area contributed by atoms with Gasteiger partial charge in [-0.25, -0.2) is 0 Å². The molecule has 0 heterocycles. The molecule has 0 aromatic rings. The Morgan fingerprint density at radius 1 is 2.00 bits per heavy atom. The van der Waals surface area contributed by atoms with Crippen molar-refractivity contribution in [2.45, 2.75) is 6.92 Å². The van der Waals surface area contributed by atoms with E-state index in [1.165, 1.54) is 0 Å². The van der Waals surface area contributed by atoms with Gasteiger partial charge in [-0.2, -0.15) is 0 Å². The first-order valence-corrected chi connectivity index (χ1v) is 1.79. The van der Waals surface area contributed by atoms with Crippen molar-refractivity contribution in [1.82, 2.24) is 0 Å². The molecule has 0 aromatic carbocycles. The molecule has 0 aliphatic heterocycles. The first-order chi connectivity index (χ1) is 2.27. The second kappa shape index (κ2) is 2.16. The summed E-state index contributed by atoms with van der Waals surface area (Å²) in [6.07, 6.45) is 0. The number of hydrogen-bond donors (Lipinski definition) is 1. The minimum Gasteiger partial charge on any atom is -0.387 e. The van der Waals surface area contributed by atoms with Crippen molar-refractivity contribution in [2.75, 3.05) is 0 Å². The van der Waals surface area contributed by atoms with Crippen molar-refractivity contribution in [3.8, 4) is 0 Å². The fraction of sp³-hybridized carbons (Fsp3) is 0.500. The molecule has 2 N–H and O–H groups in total. The molecule has 0 radical (unpaired) electrons. The number of nitrogens with zero attached hydrogens (tertiary/aromatic N) is 1. The highest BCUT2D eigenvalue weighted by Crippen LogP contribution is 1.76. The molecule has 5 heavy (non-hydrogen) atoms. The van der Waals surface area contributed by atoms with Crippen LogP contribution in [0.15, 0.2) is 4.76 Å². The summed E-state index contributed by atoms with van der Waals surface area (Å²) in [5.74, 6) is 0.593. The molecule has 0 saturated carbocycles. The number of amidine groups is 1. The Morgan fingerprint density at radius 3 is 2.20 bits per heavy atom. The van der Waals surface area contributed by atoms with Gasteiger partial charge in [-0.05, 0) is 16.3 Å². The lowest BCUT2D eigenvalue weighted by molar-refractivity contribution is 1.60. The predicted molar refractivity (Wildman–Crippen MR) is 27.0 cm³/mol. The van der Waals surface area contributed by atoms with Gasteiger partial charge in [0.1, 0.15) is 0 Å². The van der Waals surface area contributed by atoms with Crippen LogP contribution in [-0.2, 0) is 0 Å². The van der Waals surface area contributed by atoms with Crippen LogP contribution in [0, 0.1) is 0 Å². The first-order valence-electron chi connectivity index (χ1n) is 1.27. The second-order valence-electron chi connectivity index (χ2n) is 0.770. The van der Waals surface area contributed by atoms with E-state index < -0.39 is 0 Å². The standard InChI is InChI=1S/C2H7N2P/c1-2(3)4-5/h5H2,1H3,(H2,3,4). The number of rotatable bonds is 0. The maximum absolute atomic E-state index is 5.02. The van der Waals surface area contributed by atoms with Crippen LogP contribution in [0.5, 0.6) is 0 Å². The Labute approximate surface area is 33.7 Å². The van der Waals surface area contributed by atoms with Crippen LogP contribution in [0.2, 0.25) is 0 Å². The molecule has 0 amide bonds. The van der Waals surface area contributed by atoms with Gasteiger partial charge in [-0.3, -0.25) is 4.76 Å². The summed E-state index contributed by atoms with van der Waals surface area (Å²) < 4.78 is 3.50. The van der Waals surface area contributed by atoms with Gasteiger partial charge in [0.05, 0.1) is 5.84 Å². The quantitative estimate of drug-likeness (QED) is 0.257. The molecular formula is C2H7N2P. The fourth-order valence-corrected chi connectivity index (χ4v) is 0. The van der Waals surface area contributed by atoms with E-state index in [9.17, 15) is 0 Å². The zero-order valence-electron chi connectivity index (χ0n) is 3.10. The van der Waals surface area contributed by atoms with Crippen LogP contribution in [-0.4, -0.2) is 5.84 Å². The van der Waals surface area contributed by atoms with E-state index in [-0.39, 0.29) is 0 Å². The van der Waals surface area contributed by atoms with Gasteiger partial charge in [0.2, 0.25) is 0 Å². The Balaban J connectivity index is 3.14. The van der Waals surface area contributed by atoms with Crippen molar-refractivity contribution in [3.63, 3.8) is 0 Å². The number of nitrogens with two attached hydrogens (primary N) is 1. The Kier molecular flexibility index (Phi) is 2.11. The van der Waals surface area contributed by atoms with Crippen molar-refractivity contribution >= 4 is 15.2 Å². The molecular weight excluding hydrogens is 83.0 g/mol. The van der Waals surface area contributed by atoms with E-state index in [0.29, 0.717) is 5.84 Å². The number of hydrogen-bond acceptors (Lipinski definition) is 1. The zero-order valence-corrected chi connectivity index (χ0v) is 4.26. The molecule has 0 rings (SSSR count). The summed E-state index contributed by atoms with van der Waals surface area (Å²) in [5.41, 5.74) is 5.02. The SMILES string of the molecule is CC(N)=NP. The van der Waals surface area contributed by atoms with Gasteiger partial charge in [-0.1, -0.05) is 0 Å². The van der Waals surface area contributed by atoms with Gasteiger partial charge in [0.25, 0.3) is 0 Å². The van der Waals surface area contributed by atoms with E-state index in [2.05, 4.69) is 14.2 Å². The van der Waals surface area contributed by atoms with Crippen LogP contribution in [0.1, 0.15) is 6.92 Å². The topological polar surface area (TPSA) is 38.4 Å². The lowest BCUT2D eigenvalue weighted by atomic mass is 10.8. The summed E-state index contributed by atoms with van der Waals surface area (Å²) in [6, 6.07) is 0. The summed E-state index contributed by atoms with van der Waals surface area (Å²) in [6.45, 7) is 1.73. The Hall–Kier alpha value is -0.100. The normalized spacial score (nSPS) is 12.0. The maximum Gasteiger partial charge on any atom is 0.0940 e. The fourth-order valence-electron chi connectivity index (χ4n) is 0. The lowest BCUT2D eigenvalue weighted by Gasteiger charge is -1.75. The third-order valence-electron chi connectivity index (χ3n) is 0.204. The molecule has 0 aliphatic rings. The lowest BCUT2D eigenvalue weighted by Crippen LogP contribution is -2.01. The van der Waals surface area contributed by atoms with Crippen LogP contribution < -0.4 is 5.73 Å². The third kappa shape index (κ3) is 3.90. The van der Waals surface area contributed by atoms with Crippen LogP contribution in [0.25, 0.3) is 0 Å². The predicted octanol–water partition coefficient (Wildman–Crippen LogP) is 0.154. The summed E-state index contributed by atoms with van der Waals surface area (Å²) >= 11 is 0. The van der Waals surface area contributed by atoms with Crippen LogP contribution in [0.3, 0.4) is 0 Å². The average Bonchev–Trinajstić information content (AvgIpc) is 1.38. The monoisotopic (exact) mass is 90.0 g/mol. The molecule has 0 aromatic heterocycles. The second-order valence-corrected chi connectivity index (χ2v) is 1.03. The summed E-state index contributed by atoms with van der Waals surface area (Å²) in [4.78, 5) is 0. The maximum atomic E-state index is 5.02. The zero-order chi connectivity index (χ0) is 4.28. The van der Waals surface area contributed by atoms with Crippen molar-refractivity contribution in [3.05, 3.63) is 0 Å². The minimum atomic E-state index is 0.593. The summed E-state index contributed by atoms with van der Waals surface area (Å²) in [5, 5.41) is 0. The molecule has 0 bridgehead atoms. The molecule has 2 nitrogen and oxygen atoms in total. The van der Waals surface area contributed by atoms with Gasteiger partial charge < -0.3 is 5.73 Å². The van der Waals surface area contributed by atoms with Crippen molar-refractivity contribution in [1.29, 1.82) is 0 Å². The Bertz CT molecular complexity index is 45.6. The Morgan fingerprint density at radius 2 is 2.20 bits per heavy atom.